The number of carbonyl (C=O) groups is 11. The molecule has 0 aromatic carbocycles. The maximum Gasteiger partial charge on any atom is 0.305 e. The highest BCUT2D eigenvalue weighted by Crippen LogP contribution is 2.28. The first-order chi connectivity index (χ1) is 56.1. The van der Waals surface area contributed by atoms with Gasteiger partial charge in [-0.25, -0.2) is 0 Å². The molecule has 0 radical (unpaired) electrons. The van der Waals surface area contributed by atoms with E-state index >= 15 is 0 Å². The molecule has 23 heteroatoms. The number of rotatable bonds is 81. The van der Waals surface area contributed by atoms with Crippen LogP contribution >= 0.6 is 0 Å². The predicted molar refractivity (Wildman–Crippen MR) is 456 cm³/mol. The number of hydrogen-bond donors (Lipinski definition) is 0. The van der Waals surface area contributed by atoms with Crippen molar-refractivity contribution < 1.29 is 110 Å². The van der Waals surface area contributed by atoms with Crippen molar-refractivity contribution in [3.8, 4) is 0 Å². The molecule has 0 amide bonds. The van der Waals surface area contributed by atoms with Crippen LogP contribution in [0.2, 0.25) is 0 Å². The van der Waals surface area contributed by atoms with Gasteiger partial charge >= 0.3 is 65.7 Å². The molecule has 0 heterocycles. The normalized spacial score (nSPS) is 13.8. The third-order valence-corrected chi connectivity index (χ3v) is 21.2. The number of esters is 11. The highest BCUT2D eigenvalue weighted by molar-refractivity contribution is 5.72. The smallest absolute Gasteiger partial charge is 0.305 e. The number of hydrogen-bond acceptors (Lipinski definition) is 23. The molecule has 8 atom stereocenters. The largest absolute Gasteiger partial charge is 0.496 e. The molecule has 0 aliphatic carbocycles. The summed E-state index contributed by atoms with van der Waals surface area (Å²) < 4.78 is 69.9. The van der Waals surface area contributed by atoms with Crippen LogP contribution in [0.3, 0.4) is 0 Å². The minimum absolute atomic E-state index is 0.00933. The van der Waals surface area contributed by atoms with E-state index in [0.29, 0.717) is 121 Å². The van der Waals surface area contributed by atoms with Crippen LogP contribution < -0.4 is 0 Å². The molecule has 680 valence electrons. The van der Waals surface area contributed by atoms with Gasteiger partial charge in [-0.1, -0.05) is 188 Å². The van der Waals surface area contributed by atoms with Gasteiger partial charge in [0.25, 0.3) is 0 Å². The van der Waals surface area contributed by atoms with E-state index in [1.165, 1.54) is 54.9 Å². The number of unbranched alkanes of at least 4 members (excludes halogenated alkanes) is 28. The van der Waals surface area contributed by atoms with Gasteiger partial charge in [0, 0.05) is 74.1 Å². The van der Waals surface area contributed by atoms with Gasteiger partial charge < -0.3 is 56.8 Å². The van der Waals surface area contributed by atoms with E-state index in [-0.39, 0.29) is 123 Å². The van der Waals surface area contributed by atoms with Crippen LogP contribution in [0, 0.1) is 5.41 Å². The van der Waals surface area contributed by atoms with Crippen molar-refractivity contribution in [1.82, 2.24) is 0 Å². The molecule has 0 rings (SSSR count). The van der Waals surface area contributed by atoms with Crippen molar-refractivity contribution in [3.63, 3.8) is 0 Å². The molecule has 0 saturated carbocycles. The summed E-state index contributed by atoms with van der Waals surface area (Å²) in [5.74, 6) is -3.81. The molecule has 8 unspecified atom stereocenters. The lowest BCUT2D eigenvalue weighted by molar-refractivity contribution is -0.171. The van der Waals surface area contributed by atoms with Crippen molar-refractivity contribution in [2.24, 2.45) is 5.41 Å². The predicted octanol–water partition coefficient (Wildman–Crippen LogP) is 22.5. The average Bonchev–Trinajstić information content (AvgIpc) is 0.851. The topological polar surface area (TPSA) is 299 Å². The molecule has 0 bridgehead atoms. The minimum atomic E-state index is -1.48. The van der Waals surface area contributed by atoms with Crippen molar-refractivity contribution in [1.29, 1.82) is 0 Å². The summed E-state index contributed by atoms with van der Waals surface area (Å²) in [6.07, 6.45) is 41.0. The van der Waals surface area contributed by atoms with Gasteiger partial charge in [-0.3, -0.25) is 52.7 Å². The molecule has 0 aromatic heterocycles. The molecule has 117 heavy (non-hydrogen) atoms. The Balaban J connectivity index is 6.58. The van der Waals surface area contributed by atoms with Gasteiger partial charge in [0.1, 0.15) is 74.6 Å². The molecule has 0 fully saturated rings. The minimum Gasteiger partial charge on any atom is -0.496 e. The third kappa shape index (κ3) is 71.2. The summed E-state index contributed by atoms with van der Waals surface area (Å²) in [5.41, 5.74) is -1.48. The Morgan fingerprint density at radius 1 is 0.205 bits per heavy atom. The zero-order valence-electron chi connectivity index (χ0n) is 75.6. The monoisotopic (exact) mass is 1660 g/mol. The molecule has 23 nitrogen and oxygen atoms in total. The fourth-order valence-electron chi connectivity index (χ4n) is 14.9. The Bertz CT molecular complexity index is 2270. The summed E-state index contributed by atoms with van der Waals surface area (Å²) in [7, 11) is 0. The summed E-state index contributed by atoms with van der Waals surface area (Å²) in [6.45, 7) is 22.8. The van der Waals surface area contributed by atoms with Crippen LogP contribution in [0.5, 0.6) is 0 Å². The lowest BCUT2D eigenvalue weighted by atomic mass is 9.92. The Hall–Kier alpha value is -6.29. The number of allylic oxidation sites excluding steroid dienone is 1. The number of carbonyl (C=O) groups excluding carboxylic acids is 11. The summed E-state index contributed by atoms with van der Waals surface area (Å²) in [4.78, 5) is 140. The number of ether oxygens (including phenoxy) is 12. The molecule has 0 aromatic rings. The maximum atomic E-state index is 13.8. The first-order valence-corrected chi connectivity index (χ1v) is 46.3. The maximum absolute atomic E-state index is 13.8. The van der Waals surface area contributed by atoms with E-state index in [4.69, 9.17) is 56.8 Å². The van der Waals surface area contributed by atoms with Crippen LogP contribution in [0.15, 0.2) is 12.3 Å². The second kappa shape index (κ2) is 74.7. The lowest BCUT2D eigenvalue weighted by Crippen LogP contribution is -2.44. The van der Waals surface area contributed by atoms with Crippen LogP contribution in [0.25, 0.3) is 0 Å². The van der Waals surface area contributed by atoms with Crippen molar-refractivity contribution in [2.75, 3.05) is 26.4 Å². The summed E-state index contributed by atoms with van der Waals surface area (Å²) in [6, 6.07) is 0. The van der Waals surface area contributed by atoms with Crippen molar-refractivity contribution in [2.45, 2.75) is 491 Å². The van der Waals surface area contributed by atoms with Crippen LogP contribution in [-0.4, -0.2) is 141 Å². The molecule has 0 aliphatic rings. The summed E-state index contributed by atoms with van der Waals surface area (Å²) in [5, 5.41) is 0. The zero-order chi connectivity index (χ0) is 87.0. The van der Waals surface area contributed by atoms with Crippen LogP contribution in [0.4, 0.5) is 0 Å². The standard InChI is InChI=1S/C94H166O23/c1-14-18-22-38-50-82(110-74(5)6)62-63-86(114-78(10)98)54-42-30-26-34-46-58-90(102)106-70-94(71-107-91(103)59-47-35-27-31-43-55-87(115-79(11)99)67-64-83(111-75(7)95)51-39-23-19-15-2,72-108-92(104)60-48-36-28-32-44-56-88(116-80(12)100)68-65-84(112-76(8)96)52-40-24-20-16-3)73-109-93(105)61-49-37-29-33-45-57-89(117-81(13)101)69-66-85(113-77(9)97)53-41-25-21-17-4/h82-89H,5,14-73H2,1-4,6-13H3. The highest BCUT2D eigenvalue weighted by atomic mass is 16.6. The fraction of sp³-hybridized carbons (Fsp3) is 0.862. The van der Waals surface area contributed by atoms with Gasteiger partial charge in [0.05, 0.1) is 11.9 Å². The van der Waals surface area contributed by atoms with E-state index in [0.717, 1.165) is 212 Å². The highest BCUT2D eigenvalue weighted by Gasteiger charge is 2.38. The van der Waals surface area contributed by atoms with E-state index in [1.54, 1.807) is 0 Å². The fourth-order valence-corrected chi connectivity index (χ4v) is 14.9. The quantitative estimate of drug-likeness (QED) is 0.0236. The molecule has 0 N–H and O–H groups in total. The Labute approximate surface area is 707 Å². The molecular formula is C94H166O23. The Kier molecular flexibility index (Phi) is 70.7. The second-order valence-corrected chi connectivity index (χ2v) is 33.1. The van der Waals surface area contributed by atoms with Gasteiger partial charge in [-0.2, -0.15) is 0 Å². The van der Waals surface area contributed by atoms with Gasteiger partial charge in [0.15, 0.2) is 0 Å². The molecular weight excluding hydrogens is 1500 g/mol. The van der Waals surface area contributed by atoms with E-state index < -0.39 is 49.1 Å². The Morgan fingerprint density at radius 3 is 0.504 bits per heavy atom. The first kappa shape index (κ1) is 111. The van der Waals surface area contributed by atoms with E-state index in [1.807, 2.05) is 6.92 Å². The van der Waals surface area contributed by atoms with Gasteiger partial charge in [-0.15, -0.1) is 0 Å². The second-order valence-electron chi connectivity index (χ2n) is 33.1. The van der Waals surface area contributed by atoms with Crippen molar-refractivity contribution in [3.05, 3.63) is 12.3 Å². The van der Waals surface area contributed by atoms with Crippen LogP contribution in [0.1, 0.15) is 443 Å². The first-order valence-electron chi connectivity index (χ1n) is 46.3. The van der Waals surface area contributed by atoms with Crippen LogP contribution in [-0.2, 0) is 110 Å². The SMILES string of the molecule is C=C(C)OC(CCCCCC)CCC(CCCCCCCC(=O)OCC(COC(=O)CCCCCCCC(CCC(CCCCCC)OC(C)=O)OC(C)=O)(COC(=O)CCCCCCCC(CCC(CCCCCC)OC(C)=O)OC(C)=O)COC(=O)CCCCCCCC(CCC(CCCCCC)OC(C)=O)OC(C)=O)OC(C)=O. The Morgan fingerprint density at radius 2 is 0.350 bits per heavy atom. The van der Waals surface area contributed by atoms with E-state index in [2.05, 4.69) is 34.3 Å². The molecule has 0 aliphatic heterocycles. The molecule has 0 spiro atoms. The van der Waals surface area contributed by atoms with Gasteiger partial charge in [-0.05, 0) is 187 Å². The van der Waals surface area contributed by atoms with E-state index in [9.17, 15) is 52.7 Å². The average molecular weight is 1660 g/mol. The zero-order valence-corrected chi connectivity index (χ0v) is 75.6. The lowest BCUT2D eigenvalue weighted by Gasteiger charge is -2.31. The third-order valence-electron chi connectivity index (χ3n) is 21.2. The molecule has 0 saturated heterocycles. The van der Waals surface area contributed by atoms with Crippen molar-refractivity contribution >= 4 is 65.7 Å². The summed E-state index contributed by atoms with van der Waals surface area (Å²) >= 11 is 0. The van der Waals surface area contributed by atoms with Gasteiger partial charge in [0.2, 0.25) is 0 Å².